The number of benzene rings is 1. The Morgan fingerprint density at radius 2 is 1.90 bits per heavy atom. The number of aliphatic imine (C=N–C) groups is 1. The molecule has 8 nitrogen and oxygen atoms in total. The third kappa shape index (κ3) is 5.18. The van der Waals surface area contributed by atoms with Gasteiger partial charge in [0.1, 0.15) is 11.4 Å². The van der Waals surface area contributed by atoms with Gasteiger partial charge in [-0.2, -0.15) is 4.99 Å². The summed E-state index contributed by atoms with van der Waals surface area (Å²) in [7, 11) is 1.66. The molecule has 0 spiro atoms. The Bertz CT molecular complexity index is 856. The second-order valence-electron chi connectivity index (χ2n) is 8.23. The zero-order valence-electron chi connectivity index (χ0n) is 18.0. The summed E-state index contributed by atoms with van der Waals surface area (Å²) < 4.78 is 5.87. The second kappa shape index (κ2) is 9.43. The van der Waals surface area contributed by atoms with Crippen LogP contribution in [0, 0.1) is 0 Å². The van der Waals surface area contributed by atoms with Crippen molar-refractivity contribution in [3.05, 3.63) is 21.1 Å². The molecule has 0 unspecified atom stereocenters. The zero-order chi connectivity index (χ0) is 22.8. The molecule has 0 aromatic heterocycles. The number of carbonyl (C=O) groups excluding carboxylic acids is 2. The van der Waals surface area contributed by atoms with Crippen LogP contribution in [0.1, 0.15) is 40.2 Å². The molecule has 0 aliphatic carbocycles. The van der Waals surface area contributed by atoms with Gasteiger partial charge < -0.3 is 25.0 Å². The van der Waals surface area contributed by atoms with Crippen LogP contribution >= 0.6 is 27.5 Å². The Morgan fingerprint density at radius 3 is 2.43 bits per heavy atom. The number of rotatable bonds is 3. The number of ether oxygens (including phenoxy) is 1. The zero-order valence-corrected chi connectivity index (χ0v) is 20.3. The predicted molar refractivity (Wildman–Crippen MR) is 122 cm³/mol. The molecule has 166 valence electrons. The van der Waals surface area contributed by atoms with E-state index in [1.54, 1.807) is 18.0 Å². The van der Waals surface area contributed by atoms with Crippen LogP contribution in [0.25, 0.3) is 0 Å². The van der Waals surface area contributed by atoms with Crippen LogP contribution in [0.4, 0.5) is 10.5 Å². The van der Waals surface area contributed by atoms with Crippen molar-refractivity contribution < 1.29 is 19.4 Å². The summed E-state index contributed by atoms with van der Waals surface area (Å²) in [6.45, 7) is 10.1. The molecule has 1 aliphatic heterocycles. The molecule has 0 radical (unpaired) electrons. The fraction of sp³-hybridized carbons (Fsp3) is 0.550. The first-order chi connectivity index (χ1) is 13.9. The number of phenolic OH excluding ortho intramolecular Hbond substituents is 1. The predicted octanol–water partition coefficient (Wildman–Crippen LogP) is 4.08. The lowest BCUT2D eigenvalue weighted by Gasteiger charge is -2.45. The summed E-state index contributed by atoms with van der Waals surface area (Å²) in [5.74, 6) is 0.286. The average Bonchev–Trinajstić information content (AvgIpc) is 2.64. The maximum Gasteiger partial charge on any atom is 0.410 e. The minimum absolute atomic E-state index is 0.0771. The van der Waals surface area contributed by atoms with E-state index in [2.05, 4.69) is 26.2 Å². The van der Waals surface area contributed by atoms with Crippen molar-refractivity contribution in [2.45, 2.75) is 52.3 Å². The summed E-state index contributed by atoms with van der Waals surface area (Å²) in [5.41, 5.74) is 0.288. The van der Waals surface area contributed by atoms with Gasteiger partial charge in [0, 0.05) is 37.8 Å². The third-order valence-corrected chi connectivity index (χ3v) is 6.08. The van der Waals surface area contributed by atoms with Crippen LogP contribution in [0.5, 0.6) is 5.75 Å². The lowest BCUT2D eigenvalue weighted by atomic mass is 10.0. The van der Waals surface area contributed by atoms with E-state index in [0.717, 1.165) is 0 Å². The highest BCUT2D eigenvalue weighted by Gasteiger charge is 2.37. The largest absolute Gasteiger partial charge is 0.505 e. The Labute approximate surface area is 190 Å². The van der Waals surface area contributed by atoms with E-state index in [-0.39, 0.29) is 28.9 Å². The standard InChI is InChI=1S/C20H28BrClN4O4/c1-11-9-26(19(29)30-20(3,4)5)12(2)8-25(11)18(24-10-27)13-7-14(22)15(21)17(28)16(13)23-6/h7,10-12,23,28H,8-9H2,1-6H3/t11-,12+/m0/s1. The highest BCUT2D eigenvalue weighted by molar-refractivity contribution is 9.10. The van der Waals surface area contributed by atoms with Crippen molar-refractivity contribution in [1.29, 1.82) is 0 Å². The number of hydrogen-bond acceptors (Lipinski definition) is 5. The number of nitrogens with zero attached hydrogens (tertiary/aromatic N) is 3. The number of phenols is 1. The first-order valence-corrected chi connectivity index (χ1v) is 10.7. The molecule has 0 bridgehead atoms. The lowest BCUT2D eigenvalue weighted by Crippen LogP contribution is -2.60. The van der Waals surface area contributed by atoms with Crippen LogP contribution in [-0.2, 0) is 9.53 Å². The van der Waals surface area contributed by atoms with E-state index in [0.29, 0.717) is 41.1 Å². The molecule has 30 heavy (non-hydrogen) atoms. The number of aromatic hydroxyl groups is 1. The van der Waals surface area contributed by atoms with Gasteiger partial charge in [-0.05, 0) is 56.6 Å². The number of piperazine rings is 1. The molecule has 1 aromatic rings. The molecule has 1 fully saturated rings. The lowest BCUT2D eigenvalue weighted by molar-refractivity contribution is -0.106. The molecule has 2 N–H and O–H groups in total. The van der Waals surface area contributed by atoms with Crippen molar-refractivity contribution in [3.8, 4) is 5.75 Å². The van der Waals surface area contributed by atoms with Crippen molar-refractivity contribution >= 4 is 51.6 Å². The van der Waals surface area contributed by atoms with Crippen molar-refractivity contribution in [2.75, 3.05) is 25.5 Å². The molecule has 1 aromatic carbocycles. The van der Waals surface area contributed by atoms with Crippen LogP contribution in [-0.4, -0.2) is 71.1 Å². The first-order valence-electron chi connectivity index (χ1n) is 9.58. The molecule has 2 amide bonds. The van der Waals surface area contributed by atoms with Crippen molar-refractivity contribution in [1.82, 2.24) is 9.80 Å². The van der Waals surface area contributed by atoms with E-state index in [9.17, 15) is 14.7 Å². The number of carbonyl (C=O) groups is 2. The quantitative estimate of drug-likeness (QED) is 0.279. The molecular formula is C20H28BrClN4O4. The fourth-order valence-electron chi connectivity index (χ4n) is 3.39. The average molecular weight is 504 g/mol. The van der Waals surface area contributed by atoms with Gasteiger partial charge in [0.15, 0.2) is 5.75 Å². The topological polar surface area (TPSA) is 94.5 Å². The minimum atomic E-state index is -0.589. The maximum atomic E-state index is 12.6. The number of amides is 2. The highest BCUT2D eigenvalue weighted by Crippen LogP contribution is 2.41. The smallest absolute Gasteiger partial charge is 0.410 e. The van der Waals surface area contributed by atoms with E-state index in [1.165, 1.54) is 0 Å². The van der Waals surface area contributed by atoms with Crippen molar-refractivity contribution in [2.24, 2.45) is 4.99 Å². The number of nitrogens with one attached hydrogen (secondary N) is 1. The van der Waals surface area contributed by atoms with E-state index in [1.807, 2.05) is 39.5 Å². The molecule has 2 atom stereocenters. The van der Waals surface area contributed by atoms with E-state index >= 15 is 0 Å². The van der Waals surface area contributed by atoms with Gasteiger partial charge in [-0.1, -0.05) is 11.6 Å². The Hall–Kier alpha value is -2.00. The summed E-state index contributed by atoms with van der Waals surface area (Å²) in [4.78, 5) is 31.6. The van der Waals surface area contributed by atoms with Crippen LogP contribution in [0.3, 0.4) is 0 Å². The SMILES string of the molecule is CNc1c(C(=NC=O)N2C[C@@H](C)N(C(=O)OC(C)(C)C)C[C@@H]2C)cc(Cl)c(Br)c1O. The summed E-state index contributed by atoms with van der Waals surface area (Å²) in [6.07, 6.45) is 0.0787. The Morgan fingerprint density at radius 1 is 1.33 bits per heavy atom. The molecule has 1 aliphatic rings. The molecule has 10 heteroatoms. The third-order valence-electron chi connectivity index (χ3n) is 4.75. The number of halogens is 2. The van der Waals surface area contributed by atoms with Gasteiger partial charge in [-0.3, -0.25) is 4.79 Å². The summed E-state index contributed by atoms with van der Waals surface area (Å²) >= 11 is 9.51. The second-order valence-corrected chi connectivity index (χ2v) is 9.43. The van der Waals surface area contributed by atoms with Gasteiger partial charge in [-0.25, -0.2) is 4.79 Å². The van der Waals surface area contributed by atoms with Crippen LogP contribution < -0.4 is 5.32 Å². The van der Waals surface area contributed by atoms with Gasteiger partial charge in [-0.15, -0.1) is 0 Å². The van der Waals surface area contributed by atoms with Gasteiger partial charge in [0.2, 0.25) is 6.41 Å². The fourth-order valence-corrected chi connectivity index (χ4v) is 3.90. The molecular weight excluding hydrogens is 476 g/mol. The Kier molecular flexibility index (Phi) is 7.63. The first kappa shape index (κ1) is 24.3. The monoisotopic (exact) mass is 502 g/mol. The van der Waals surface area contributed by atoms with Crippen LogP contribution in [0.15, 0.2) is 15.5 Å². The summed E-state index contributed by atoms with van der Waals surface area (Å²) in [5, 5.41) is 13.7. The minimum Gasteiger partial charge on any atom is -0.505 e. The molecule has 0 saturated carbocycles. The number of anilines is 1. The number of amidine groups is 1. The van der Waals surface area contributed by atoms with E-state index in [4.69, 9.17) is 16.3 Å². The molecule has 1 heterocycles. The van der Waals surface area contributed by atoms with Crippen molar-refractivity contribution in [3.63, 3.8) is 0 Å². The van der Waals surface area contributed by atoms with Gasteiger partial charge >= 0.3 is 6.09 Å². The summed E-state index contributed by atoms with van der Waals surface area (Å²) in [6, 6.07) is 1.28. The molecule has 2 rings (SSSR count). The highest BCUT2D eigenvalue weighted by atomic mass is 79.9. The van der Waals surface area contributed by atoms with Gasteiger partial charge in [0.25, 0.3) is 0 Å². The number of hydrogen-bond donors (Lipinski definition) is 2. The van der Waals surface area contributed by atoms with Crippen LogP contribution in [0.2, 0.25) is 5.02 Å². The van der Waals surface area contributed by atoms with Gasteiger partial charge in [0.05, 0.1) is 15.2 Å². The maximum absolute atomic E-state index is 12.6. The normalized spacial score (nSPS) is 20.2. The Balaban J connectivity index is 2.41. The van der Waals surface area contributed by atoms with E-state index < -0.39 is 5.60 Å². The molecule has 1 saturated heterocycles.